The number of hydrogen-bond acceptors (Lipinski definition) is 1. The predicted octanol–water partition coefficient (Wildman–Crippen LogP) is 5.55. The summed E-state index contributed by atoms with van der Waals surface area (Å²) in [5, 5.41) is 0. The summed E-state index contributed by atoms with van der Waals surface area (Å²) >= 11 is 5.64. The lowest BCUT2D eigenvalue weighted by molar-refractivity contribution is 0.192. The Kier molecular flexibility index (Phi) is 16.5. The molecule has 0 aromatic carbocycles. The molecule has 0 atom stereocenters. The second kappa shape index (κ2) is 16.2. The monoisotopic (exact) mass is 262 g/mol. The Morgan fingerprint density at radius 2 is 0.941 bits per heavy atom. The van der Waals surface area contributed by atoms with Gasteiger partial charge >= 0.3 is 0 Å². The predicted molar refractivity (Wildman–Crippen MR) is 78.0 cm³/mol. The highest BCUT2D eigenvalue weighted by Crippen LogP contribution is 2.12. The maximum Gasteiger partial charge on any atom is 0.0462 e. The van der Waals surface area contributed by atoms with Crippen LogP contribution in [0.3, 0.4) is 0 Å². The molecule has 0 saturated heterocycles. The van der Waals surface area contributed by atoms with Crippen molar-refractivity contribution in [2.75, 3.05) is 19.6 Å². The minimum absolute atomic E-state index is 0.836. The van der Waals surface area contributed by atoms with Crippen LogP contribution in [0.2, 0.25) is 0 Å². The van der Waals surface area contributed by atoms with Gasteiger partial charge in [-0.3, -0.25) is 0 Å². The molecule has 0 fully saturated rings. The van der Waals surface area contributed by atoms with E-state index in [0.717, 1.165) is 12.5 Å². The average Bonchev–Trinajstić information content (AvgIpc) is 2.35. The molecule has 0 heterocycles. The highest BCUT2D eigenvalue weighted by atomic mass is 35.5. The lowest BCUT2D eigenvalue weighted by atomic mass is 10.1. The molecule has 0 amide bonds. The van der Waals surface area contributed by atoms with Crippen molar-refractivity contribution >= 4 is 11.6 Å². The molecule has 104 valence electrons. The number of ether oxygens (including phenoxy) is 1. The van der Waals surface area contributed by atoms with Crippen LogP contribution < -0.4 is 0 Å². The van der Waals surface area contributed by atoms with Crippen molar-refractivity contribution in [1.29, 1.82) is 0 Å². The summed E-state index contributed by atoms with van der Waals surface area (Å²) in [4.78, 5) is 0. The molecule has 0 aliphatic carbocycles. The van der Waals surface area contributed by atoms with Crippen LogP contribution in [0.1, 0.15) is 77.0 Å². The third-order valence-electron chi connectivity index (χ3n) is 3.23. The summed E-state index contributed by atoms with van der Waals surface area (Å²) in [6.07, 6.45) is 16.4. The van der Waals surface area contributed by atoms with E-state index in [-0.39, 0.29) is 0 Å². The van der Waals surface area contributed by atoms with Gasteiger partial charge in [0.25, 0.3) is 0 Å². The fraction of sp³-hybridized carbons (Fsp3) is 1.00. The summed E-state index contributed by atoms with van der Waals surface area (Å²) < 4.78 is 5.03. The minimum Gasteiger partial charge on any atom is -0.385 e. The number of alkyl halides is 1. The van der Waals surface area contributed by atoms with Crippen molar-refractivity contribution in [2.24, 2.45) is 0 Å². The molecule has 0 N–H and O–H groups in total. The van der Waals surface area contributed by atoms with Crippen LogP contribution in [0, 0.1) is 0 Å². The maximum absolute atomic E-state index is 5.64. The molecule has 0 saturated carbocycles. The van der Waals surface area contributed by atoms with Crippen molar-refractivity contribution in [3.63, 3.8) is 0 Å². The normalized spacial score (nSPS) is 10.9. The van der Waals surface area contributed by atoms with Gasteiger partial charge in [-0.05, 0) is 12.8 Å². The fourth-order valence-corrected chi connectivity index (χ4v) is 2.30. The maximum atomic E-state index is 5.64. The molecule has 0 aliphatic heterocycles. The highest BCUT2D eigenvalue weighted by molar-refractivity contribution is 6.17. The molecule has 2 heteroatoms. The molecule has 0 aliphatic rings. The van der Waals surface area contributed by atoms with E-state index in [1.807, 2.05) is 0 Å². The van der Waals surface area contributed by atoms with E-state index in [0.29, 0.717) is 0 Å². The summed E-state index contributed by atoms with van der Waals surface area (Å²) in [6, 6.07) is 0. The van der Waals surface area contributed by atoms with Crippen molar-refractivity contribution in [2.45, 2.75) is 77.0 Å². The zero-order chi connectivity index (χ0) is 12.6. The first-order valence-electron chi connectivity index (χ1n) is 7.46. The van der Waals surface area contributed by atoms with Crippen LogP contribution in [-0.2, 0) is 4.74 Å². The molecule has 0 aromatic rings. The standard InChI is InChI=1S/C15H31ClO/c1-17-15-13-11-9-7-5-3-2-4-6-8-10-12-14-16/h2-15H2,1H3. The van der Waals surface area contributed by atoms with Gasteiger partial charge in [0.05, 0.1) is 0 Å². The van der Waals surface area contributed by atoms with Gasteiger partial charge in [-0.1, -0.05) is 64.2 Å². The van der Waals surface area contributed by atoms with Gasteiger partial charge in [0.1, 0.15) is 0 Å². The summed E-state index contributed by atoms with van der Waals surface area (Å²) in [5.74, 6) is 0.836. The molecular formula is C15H31ClO. The van der Waals surface area contributed by atoms with Gasteiger partial charge in [-0.2, -0.15) is 0 Å². The molecule has 1 nitrogen and oxygen atoms in total. The number of halogens is 1. The first-order valence-corrected chi connectivity index (χ1v) is 8.00. The zero-order valence-electron chi connectivity index (χ0n) is 11.7. The van der Waals surface area contributed by atoms with Gasteiger partial charge in [0, 0.05) is 19.6 Å². The molecule has 0 unspecified atom stereocenters. The van der Waals surface area contributed by atoms with Crippen LogP contribution in [-0.4, -0.2) is 19.6 Å². The van der Waals surface area contributed by atoms with Crippen molar-refractivity contribution in [3.8, 4) is 0 Å². The molecule has 0 spiro atoms. The van der Waals surface area contributed by atoms with Crippen LogP contribution in [0.5, 0.6) is 0 Å². The van der Waals surface area contributed by atoms with Gasteiger partial charge < -0.3 is 4.74 Å². The number of methoxy groups -OCH3 is 1. The number of rotatable bonds is 14. The third-order valence-corrected chi connectivity index (χ3v) is 3.50. The minimum atomic E-state index is 0.836. The Balaban J connectivity index is 2.85. The number of unbranched alkanes of at least 4 members (excludes halogenated alkanes) is 11. The molecule has 17 heavy (non-hydrogen) atoms. The van der Waals surface area contributed by atoms with Crippen molar-refractivity contribution in [1.82, 2.24) is 0 Å². The zero-order valence-corrected chi connectivity index (χ0v) is 12.4. The fourth-order valence-electron chi connectivity index (χ4n) is 2.11. The third kappa shape index (κ3) is 16.2. The molecule has 0 aromatic heterocycles. The largest absolute Gasteiger partial charge is 0.385 e. The second-order valence-electron chi connectivity index (χ2n) is 4.92. The van der Waals surface area contributed by atoms with Gasteiger partial charge in [-0.15, -0.1) is 11.6 Å². The van der Waals surface area contributed by atoms with Crippen LogP contribution in [0.4, 0.5) is 0 Å². The van der Waals surface area contributed by atoms with Crippen LogP contribution in [0.25, 0.3) is 0 Å². The van der Waals surface area contributed by atoms with Crippen molar-refractivity contribution < 1.29 is 4.74 Å². The summed E-state index contributed by atoms with van der Waals surface area (Å²) in [5.41, 5.74) is 0. The summed E-state index contributed by atoms with van der Waals surface area (Å²) in [7, 11) is 1.78. The van der Waals surface area contributed by atoms with E-state index in [1.54, 1.807) is 7.11 Å². The van der Waals surface area contributed by atoms with E-state index in [1.165, 1.54) is 77.0 Å². The van der Waals surface area contributed by atoms with Gasteiger partial charge in [0.2, 0.25) is 0 Å². The smallest absolute Gasteiger partial charge is 0.0462 e. The van der Waals surface area contributed by atoms with E-state index < -0.39 is 0 Å². The van der Waals surface area contributed by atoms with Crippen molar-refractivity contribution in [3.05, 3.63) is 0 Å². The van der Waals surface area contributed by atoms with E-state index >= 15 is 0 Å². The highest BCUT2D eigenvalue weighted by Gasteiger charge is 1.93. The molecule has 0 radical (unpaired) electrons. The Morgan fingerprint density at radius 1 is 0.588 bits per heavy atom. The summed E-state index contributed by atoms with van der Waals surface area (Å²) in [6.45, 7) is 0.933. The molecule has 0 bridgehead atoms. The molecule has 0 rings (SSSR count). The average molecular weight is 263 g/mol. The van der Waals surface area contributed by atoms with Crippen LogP contribution >= 0.6 is 11.6 Å². The SMILES string of the molecule is COCCCCCCCCCCCCCCCl. The lowest BCUT2D eigenvalue weighted by Gasteiger charge is -2.02. The van der Waals surface area contributed by atoms with Gasteiger partial charge in [0.15, 0.2) is 0 Å². The van der Waals surface area contributed by atoms with E-state index in [2.05, 4.69) is 0 Å². The second-order valence-corrected chi connectivity index (χ2v) is 5.30. The Morgan fingerprint density at radius 3 is 1.29 bits per heavy atom. The van der Waals surface area contributed by atoms with E-state index in [9.17, 15) is 0 Å². The topological polar surface area (TPSA) is 9.23 Å². The number of hydrogen-bond donors (Lipinski definition) is 0. The van der Waals surface area contributed by atoms with E-state index in [4.69, 9.17) is 16.3 Å². The molecular weight excluding hydrogens is 232 g/mol. The quantitative estimate of drug-likeness (QED) is 0.294. The Hall–Kier alpha value is 0.250. The Bertz CT molecular complexity index is 114. The van der Waals surface area contributed by atoms with Crippen LogP contribution in [0.15, 0.2) is 0 Å². The Labute approximate surface area is 113 Å². The first kappa shape index (κ1) is 17.2. The van der Waals surface area contributed by atoms with Gasteiger partial charge in [-0.25, -0.2) is 0 Å². The lowest BCUT2D eigenvalue weighted by Crippen LogP contribution is -1.88. The first-order chi connectivity index (χ1) is 8.41.